The van der Waals surface area contributed by atoms with Crippen molar-refractivity contribution in [2.75, 3.05) is 13.2 Å². The van der Waals surface area contributed by atoms with E-state index in [2.05, 4.69) is 39.8 Å². The van der Waals surface area contributed by atoms with Gasteiger partial charge in [-0.05, 0) is 40.7 Å². The minimum atomic E-state index is -0.413. The standard InChI is InChI=1S/C22H26O4/c1-5-14-12-16(22(2,3)4)13-18-19(21(24)26-20(14)18)15-6-8-17(9-7-15)25-11-10-23/h6-9,12-13,19,23H,5,10-11H2,1-4H3. The number of rotatable bonds is 5. The molecule has 1 heterocycles. The fraction of sp³-hybridized carbons (Fsp3) is 0.409. The summed E-state index contributed by atoms with van der Waals surface area (Å²) in [6.45, 7) is 8.83. The number of ether oxygens (including phenoxy) is 2. The highest BCUT2D eigenvalue weighted by atomic mass is 16.5. The summed E-state index contributed by atoms with van der Waals surface area (Å²) < 4.78 is 11.1. The molecule has 0 radical (unpaired) electrons. The van der Waals surface area contributed by atoms with Crippen LogP contribution >= 0.6 is 0 Å². The second-order valence-corrected chi connectivity index (χ2v) is 7.65. The first kappa shape index (κ1) is 18.5. The molecule has 2 aromatic carbocycles. The Bertz CT molecular complexity index is 800. The second-order valence-electron chi connectivity index (χ2n) is 7.65. The van der Waals surface area contributed by atoms with E-state index in [0.717, 1.165) is 28.9 Å². The predicted molar refractivity (Wildman–Crippen MR) is 101 cm³/mol. The van der Waals surface area contributed by atoms with Gasteiger partial charge in [-0.2, -0.15) is 0 Å². The van der Waals surface area contributed by atoms with Crippen molar-refractivity contribution in [2.24, 2.45) is 0 Å². The van der Waals surface area contributed by atoms with Gasteiger partial charge in [-0.15, -0.1) is 0 Å². The molecule has 0 saturated carbocycles. The Balaban J connectivity index is 2.02. The highest BCUT2D eigenvalue weighted by Crippen LogP contribution is 2.44. The summed E-state index contributed by atoms with van der Waals surface area (Å²) in [6.07, 6.45) is 0.820. The lowest BCUT2D eigenvalue weighted by molar-refractivity contribution is -0.133. The van der Waals surface area contributed by atoms with E-state index in [1.807, 2.05) is 24.3 Å². The molecule has 1 atom stereocenters. The Morgan fingerprint density at radius 2 is 1.85 bits per heavy atom. The lowest BCUT2D eigenvalue weighted by atomic mass is 9.82. The molecule has 0 amide bonds. The summed E-state index contributed by atoms with van der Waals surface area (Å²) >= 11 is 0. The molecule has 26 heavy (non-hydrogen) atoms. The van der Waals surface area contributed by atoms with E-state index in [1.165, 1.54) is 5.56 Å². The third kappa shape index (κ3) is 3.47. The third-order valence-corrected chi connectivity index (χ3v) is 4.76. The summed E-state index contributed by atoms with van der Waals surface area (Å²) in [7, 11) is 0. The monoisotopic (exact) mass is 354 g/mol. The molecule has 4 nitrogen and oxygen atoms in total. The maximum absolute atomic E-state index is 12.6. The highest BCUT2D eigenvalue weighted by Gasteiger charge is 2.37. The van der Waals surface area contributed by atoms with Crippen LogP contribution in [-0.2, 0) is 16.6 Å². The van der Waals surface area contributed by atoms with Crippen LogP contribution in [0.3, 0.4) is 0 Å². The average Bonchev–Trinajstić information content (AvgIpc) is 2.94. The quantitative estimate of drug-likeness (QED) is 0.652. The van der Waals surface area contributed by atoms with Crippen molar-refractivity contribution in [1.29, 1.82) is 0 Å². The Hall–Kier alpha value is -2.33. The maximum atomic E-state index is 12.6. The van der Waals surface area contributed by atoms with E-state index in [4.69, 9.17) is 14.6 Å². The van der Waals surface area contributed by atoms with Crippen LogP contribution in [0.2, 0.25) is 0 Å². The summed E-state index contributed by atoms with van der Waals surface area (Å²) in [5, 5.41) is 8.85. The first-order valence-electron chi connectivity index (χ1n) is 9.07. The zero-order chi connectivity index (χ0) is 18.9. The first-order chi connectivity index (χ1) is 12.3. The molecule has 4 heteroatoms. The number of carbonyl (C=O) groups excluding carboxylic acids is 1. The van der Waals surface area contributed by atoms with Crippen molar-refractivity contribution in [1.82, 2.24) is 0 Å². The van der Waals surface area contributed by atoms with Crippen LogP contribution in [0.15, 0.2) is 36.4 Å². The Kier molecular flexibility index (Phi) is 5.05. The summed E-state index contributed by atoms with van der Waals surface area (Å²) in [5.74, 6) is 0.748. The van der Waals surface area contributed by atoms with Crippen LogP contribution in [0.25, 0.3) is 0 Å². The number of esters is 1. The lowest BCUT2D eigenvalue weighted by Gasteiger charge is -2.22. The molecule has 0 fully saturated rings. The van der Waals surface area contributed by atoms with Crippen molar-refractivity contribution < 1.29 is 19.4 Å². The Morgan fingerprint density at radius 3 is 2.42 bits per heavy atom. The molecular formula is C22H26O4. The van der Waals surface area contributed by atoms with E-state index in [-0.39, 0.29) is 24.6 Å². The molecule has 0 spiro atoms. The number of hydrogen-bond donors (Lipinski definition) is 1. The zero-order valence-corrected chi connectivity index (χ0v) is 15.8. The van der Waals surface area contributed by atoms with E-state index in [0.29, 0.717) is 5.75 Å². The SMILES string of the molecule is CCc1cc(C(C)(C)C)cc2c1OC(=O)C2c1ccc(OCCO)cc1. The maximum Gasteiger partial charge on any atom is 0.323 e. The summed E-state index contributed by atoms with van der Waals surface area (Å²) in [5.41, 5.74) is 4.11. The Labute approximate surface area is 154 Å². The molecule has 1 aliphatic heterocycles. The average molecular weight is 354 g/mol. The van der Waals surface area contributed by atoms with Crippen molar-refractivity contribution in [2.45, 2.75) is 45.4 Å². The molecular weight excluding hydrogens is 328 g/mol. The smallest absolute Gasteiger partial charge is 0.323 e. The molecule has 2 aromatic rings. The number of fused-ring (bicyclic) bond motifs is 1. The van der Waals surface area contributed by atoms with Gasteiger partial charge in [0.25, 0.3) is 0 Å². The molecule has 0 aliphatic carbocycles. The van der Waals surface area contributed by atoms with Crippen molar-refractivity contribution >= 4 is 5.97 Å². The normalized spacial score (nSPS) is 16.3. The van der Waals surface area contributed by atoms with Crippen molar-refractivity contribution in [3.05, 3.63) is 58.7 Å². The third-order valence-electron chi connectivity index (χ3n) is 4.76. The van der Waals surface area contributed by atoms with Gasteiger partial charge in [-0.1, -0.05) is 52.0 Å². The van der Waals surface area contributed by atoms with Crippen LogP contribution in [0.4, 0.5) is 0 Å². The molecule has 1 unspecified atom stereocenters. The molecule has 0 aromatic heterocycles. The van der Waals surface area contributed by atoms with Gasteiger partial charge in [0, 0.05) is 5.56 Å². The number of aliphatic hydroxyl groups excluding tert-OH is 1. The van der Waals surface area contributed by atoms with Gasteiger partial charge in [-0.3, -0.25) is 4.79 Å². The van der Waals surface area contributed by atoms with Gasteiger partial charge in [0.2, 0.25) is 0 Å². The van der Waals surface area contributed by atoms with E-state index >= 15 is 0 Å². The van der Waals surface area contributed by atoms with Gasteiger partial charge in [0.15, 0.2) is 0 Å². The lowest BCUT2D eigenvalue weighted by Crippen LogP contribution is -2.13. The van der Waals surface area contributed by atoms with Gasteiger partial charge in [-0.25, -0.2) is 0 Å². The minimum absolute atomic E-state index is 0.00285. The van der Waals surface area contributed by atoms with Crippen LogP contribution < -0.4 is 9.47 Å². The van der Waals surface area contributed by atoms with Crippen LogP contribution in [0.1, 0.15) is 55.9 Å². The van der Waals surface area contributed by atoms with Crippen molar-refractivity contribution in [3.63, 3.8) is 0 Å². The number of aliphatic hydroxyl groups is 1. The fourth-order valence-electron chi connectivity index (χ4n) is 3.27. The van der Waals surface area contributed by atoms with Gasteiger partial charge in [0.1, 0.15) is 24.0 Å². The van der Waals surface area contributed by atoms with Crippen LogP contribution in [0.5, 0.6) is 11.5 Å². The van der Waals surface area contributed by atoms with E-state index in [1.54, 1.807) is 0 Å². The van der Waals surface area contributed by atoms with E-state index < -0.39 is 5.92 Å². The molecule has 0 saturated heterocycles. The second kappa shape index (κ2) is 7.12. The largest absolute Gasteiger partial charge is 0.491 e. The topological polar surface area (TPSA) is 55.8 Å². The molecule has 3 rings (SSSR count). The highest BCUT2D eigenvalue weighted by molar-refractivity contribution is 5.90. The zero-order valence-electron chi connectivity index (χ0n) is 15.8. The number of hydrogen-bond acceptors (Lipinski definition) is 4. The number of aryl methyl sites for hydroxylation is 1. The van der Waals surface area contributed by atoms with Crippen molar-refractivity contribution in [3.8, 4) is 11.5 Å². The predicted octanol–water partition coefficient (Wildman–Crippen LogP) is 3.97. The molecule has 1 aliphatic rings. The van der Waals surface area contributed by atoms with E-state index in [9.17, 15) is 4.79 Å². The van der Waals surface area contributed by atoms with Crippen LogP contribution in [-0.4, -0.2) is 24.3 Å². The van der Waals surface area contributed by atoms with Gasteiger partial charge in [0.05, 0.1) is 6.61 Å². The Morgan fingerprint density at radius 1 is 1.15 bits per heavy atom. The minimum Gasteiger partial charge on any atom is -0.491 e. The first-order valence-corrected chi connectivity index (χ1v) is 9.07. The molecule has 0 bridgehead atoms. The molecule has 138 valence electrons. The van der Waals surface area contributed by atoms with Gasteiger partial charge >= 0.3 is 5.97 Å². The summed E-state index contributed by atoms with van der Waals surface area (Å²) in [4.78, 5) is 12.6. The fourth-order valence-corrected chi connectivity index (χ4v) is 3.27. The number of benzene rings is 2. The number of carbonyl (C=O) groups is 1. The van der Waals surface area contributed by atoms with Crippen LogP contribution in [0, 0.1) is 0 Å². The molecule has 1 N–H and O–H groups in total. The van der Waals surface area contributed by atoms with Gasteiger partial charge < -0.3 is 14.6 Å². The summed E-state index contributed by atoms with van der Waals surface area (Å²) in [6, 6.07) is 11.7.